The first-order valence-electron chi connectivity index (χ1n) is 7.25. The van der Waals surface area contributed by atoms with Crippen LogP contribution in [-0.2, 0) is 6.42 Å². The minimum Gasteiger partial charge on any atom is -0.393 e. The number of aliphatic hydroxyl groups is 1. The van der Waals surface area contributed by atoms with Crippen molar-refractivity contribution in [1.29, 1.82) is 0 Å². The first kappa shape index (κ1) is 16.1. The maximum Gasteiger partial charge on any atom is 0.129 e. The Morgan fingerprint density at radius 1 is 1.05 bits per heavy atom. The summed E-state index contributed by atoms with van der Waals surface area (Å²) in [6.45, 7) is 2.18. The molecule has 1 N–H and O–H groups in total. The topological polar surface area (TPSA) is 20.2 Å². The average molecular weight is 270 g/mol. The maximum atomic E-state index is 13.4. The van der Waals surface area contributed by atoms with E-state index < -0.39 is 17.7 Å². The van der Waals surface area contributed by atoms with Crippen molar-refractivity contribution in [3.05, 3.63) is 35.4 Å². The van der Waals surface area contributed by atoms with Crippen molar-refractivity contribution in [3.63, 3.8) is 0 Å². The molecule has 19 heavy (non-hydrogen) atoms. The fraction of sp³-hybridized carbons (Fsp3) is 0.625. The first-order chi connectivity index (χ1) is 9.13. The number of aliphatic hydroxyl groups excluding tert-OH is 1. The number of halogens is 2. The highest BCUT2D eigenvalue weighted by Crippen LogP contribution is 2.15. The van der Waals surface area contributed by atoms with Crippen molar-refractivity contribution in [2.45, 2.75) is 64.4 Å². The smallest absolute Gasteiger partial charge is 0.129 e. The highest BCUT2D eigenvalue weighted by atomic mass is 19.1. The van der Waals surface area contributed by atoms with Gasteiger partial charge in [0.2, 0.25) is 0 Å². The highest BCUT2D eigenvalue weighted by Gasteiger charge is 2.10. The van der Waals surface area contributed by atoms with Crippen LogP contribution in [0.25, 0.3) is 0 Å². The third-order valence-electron chi connectivity index (χ3n) is 3.36. The fourth-order valence-corrected chi connectivity index (χ4v) is 2.20. The molecule has 1 atom stereocenters. The fourth-order valence-electron chi connectivity index (χ4n) is 2.20. The lowest BCUT2D eigenvalue weighted by atomic mass is 10.0. The second-order valence-corrected chi connectivity index (χ2v) is 5.15. The normalized spacial score (nSPS) is 12.6. The van der Waals surface area contributed by atoms with Crippen LogP contribution in [0.1, 0.15) is 57.4 Å². The standard InChI is InChI=1S/C16H24F2O/c1-2-3-4-5-6-7-8-15(19)11-13-9-10-14(17)12-16(13)18/h9-10,12,15,19H,2-8,11H2,1H3. The van der Waals surface area contributed by atoms with Gasteiger partial charge in [0.15, 0.2) is 0 Å². The van der Waals surface area contributed by atoms with E-state index in [-0.39, 0.29) is 6.42 Å². The summed E-state index contributed by atoms with van der Waals surface area (Å²) in [6.07, 6.45) is 7.44. The van der Waals surface area contributed by atoms with E-state index in [0.717, 1.165) is 18.9 Å². The van der Waals surface area contributed by atoms with Gasteiger partial charge < -0.3 is 5.11 Å². The van der Waals surface area contributed by atoms with Crippen LogP contribution in [0, 0.1) is 11.6 Å². The van der Waals surface area contributed by atoms with E-state index in [1.165, 1.54) is 37.8 Å². The van der Waals surface area contributed by atoms with Crippen LogP contribution in [0.4, 0.5) is 8.78 Å². The van der Waals surface area contributed by atoms with E-state index in [1.807, 2.05) is 0 Å². The van der Waals surface area contributed by atoms with Gasteiger partial charge in [0.05, 0.1) is 6.10 Å². The van der Waals surface area contributed by atoms with Gasteiger partial charge in [-0.3, -0.25) is 0 Å². The van der Waals surface area contributed by atoms with Crippen molar-refractivity contribution in [2.24, 2.45) is 0 Å². The van der Waals surface area contributed by atoms with Gasteiger partial charge in [0.25, 0.3) is 0 Å². The van der Waals surface area contributed by atoms with Crippen LogP contribution in [0.15, 0.2) is 18.2 Å². The summed E-state index contributed by atoms with van der Waals surface area (Å²) in [7, 11) is 0. The molecule has 1 aromatic rings. The molecule has 0 aliphatic carbocycles. The molecule has 0 aliphatic heterocycles. The number of hydrogen-bond acceptors (Lipinski definition) is 1. The molecule has 0 saturated carbocycles. The molecular weight excluding hydrogens is 246 g/mol. The SMILES string of the molecule is CCCCCCCCC(O)Cc1ccc(F)cc1F. The summed E-state index contributed by atoms with van der Waals surface area (Å²) in [5.74, 6) is -1.14. The zero-order valence-electron chi connectivity index (χ0n) is 11.7. The molecule has 1 rings (SSSR count). The number of unbranched alkanes of at least 4 members (excludes halogenated alkanes) is 5. The van der Waals surface area contributed by atoms with Crippen molar-refractivity contribution in [3.8, 4) is 0 Å². The molecule has 0 fully saturated rings. The molecule has 0 saturated heterocycles. The highest BCUT2D eigenvalue weighted by molar-refractivity contribution is 5.19. The van der Waals surface area contributed by atoms with Gasteiger partial charge in [-0.25, -0.2) is 8.78 Å². The molecule has 0 radical (unpaired) electrons. The molecular formula is C16H24F2O. The quantitative estimate of drug-likeness (QED) is 0.649. The maximum absolute atomic E-state index is 13.4. The van der Waals surface area contributed by atoms with E-state index in [9.17, 15) is 13.9 Å². The molecule has 0 bridgehead atoms. The first-order valence-corrected chi connectivity index (χ1v) is 7.25. The summed E-state index contributed by atoms with van der Waals surface area (Å²) in [6, 6.07) is 3.51. The molecule has 108 valence electrons. The van der Waals surface area contributed by atoms with Crippen LogP contribution >= 0.6 is 0 Å². The summed E-state index contributed by atoms with van der Waals surface area (Å²) in [5, 5.41) is 9.84. The van der Waals surface area contributed by atoms with Crippen LogP contribution in [-0.4, -0.2) is 11.2 Å². The van der Waals surface area contributed by atoms with Crippen molar-refractivity contribution in [2.75, 3.05) is 0 Å². The van der Waals surface area contributed by atoms with Gasteiger partial charge in [0, 0.05) is 12.5 Å². The Morgan fingerprint density at radius 2 is 1.74 bits per heavy atom. The minimum absolute atomic E-state index is 0.265. The summed E-state index contributed by atoms with van der Waals surface area (Å²) >= 11 is 0. The van der Waals surface area contributed by atoms with Crippen molar-refractivity contribution < 1.29 is 13.9 Å². The Morgan fingerprint density at radius 3 is 2.42 bits per heavy atom. The average Bonchev–Trinajstić information content (AvgIpc) is 2.37. The van der Waals surface area contributed by atoms with Gasteiger partial charge in [-0.1, -0.05) is 51.5 Å². The summed E-state index contributed by atoms with van der Waals surface area (Å²) in [5.41, 5.74) is 0.389. The van der Waals surface area contributed by atoms with Gasteiger partial charge in [-0.05, 0) is 18.1 Å². The predicted molar refractivity (Wildman–Crippen MR) is 74.1 cm³/mol. The van der Waals surface area contributed by atoms with E-state index in [2.05, 4.69) is 6.92 Å². The lowest BCUT2D eigenvalue weighted by Gasteiger charge is -2.11. The molecule has 1 nitrogen and oxygen atoms in total. The molecule has 0 spiro atoms. The molecule has 0 aliphatic rings. The molecule has 0 amide bonds. The second kappa shape index (κ2) is 9.03. The Kier molecular flexibility index (Phi) is 7.65. The Bertz CT molecular complexity index is 366. The Balaban J connectivity index is 2.21. The monoisotopic (exact) mass is 270 g/mol. The molecule has 3 heteroatoms. The summed E-state index contributed by atoms with van der Waals surface area (Å²) in [4.78, 5) is 0. The number of rotatable bonds is 9. The van der Waals surface area contributed by atoms with Gasteiger partial charge in [-0.15, -0.1) is 0 Å². The largest absolute Gasteiger partial charge is 0.393 e. The van der Waals surface area contributed by atoms with Crippen LogP contribution in [0.2, 0.25) is 0 Å². The zero-order chi connectivity index (χ0) is 14.1. The lowest BCUT2D eigenvalue weighted by Crippen LogP contribution is -2.11. The predicted octanol–water partition coefficient (Wildman–Crippen LogP) is 4.62. The van der Waals surface area contributed by atoms with Crippen molar-refractivity contribution in [1.82, 2.24) is 0 Å². The number of hydrogen-bond donors (Lipinski definition) is 1. The minimum atomic E-state index is -0.577. The van der Waals surface area contributed by atoms with Crippen molar-refractivity contribution >= 4 is 0 Å². The zero-order valence-corrected chi connectivity index (χ0v) is 11.7. The van der Waals surface area contributed by atoms with E-state index in [4.69, 9.17) is 0 Å². The summed E-state index contributed by atoms with van der Waals surface area (Å²) < 4.78 is 26.1. The third-order valence-corrected chi connectivity index (χ3v) is 3.36. The third kappa shape index (κ3) is 6.67. The van der Waals surface area contributed by atoms with Crippen LogP contribution < -0.4 is 0 Å². The molecule has 1 unspecified atom stereocenters. The van der Waals surface area contributed by atoms with Gasteiger partial charge >= 0.3 is 0 Å². The van der Waals surface area contributed by atoms with E-state index >= 15 is 0 Å². The lowest BCUT2D eigenvalue weighted by molar-refractivity contribution is 0.159. The Hall–Kier alpha value is -0.960. The Labute approximate surface area is 114 Å². The van der Waals surface area contributed by atoms with Crippen LogP contribution in [0.3, 0.4) is 0 Å². The second-order valence-electron chi connectivity index (χ2n) is 5.15. The molecule has 0 heterocycles. The number of benzene rings is 1. The van der Waals surface area contributed by atoms with Crippen LogP contribution in [0.5, 0.6) is 0 Å². The van der Waals surface area contributed by atoms with E-state index in [1.54, 1.807) is 0 Å². The van der Waals surface area contributed by atoms with Gasteiger partial charge in [0.1, 0.15) is 11.6 Å². The molecule has 0 aromatic heterocycles. The van der Waals surface area contributed by atoms with E-state index in [0.29, 0.717) is 12.0 Å². The molecule has 1 aromatic carbocycles. The van der Waals surface area contributed by atoms with Gasteiger partial charge in [-0.2, -0.15) is 0 Å².